The van der Waals surface area contributed by atoms with Crippen LogP contribution in [0.4, 0.5) is 0 Å². The van der Waals surface area contributed by atoms with Gasteiger partial charge in [0.15, 0.2) is 5.16 Å². The highest BCUT2D eigenvalue weighted by Crippen LogP contribution is 2.29. The number of amides is 1. The Balaban J connectivity index is 1.52. The van der Waals surface area contributed by atoms with E-state index < -0.39 is 0 Å². The molecule has 1 aliphatic rings. The minimum absolute atomic E-state index is 0.0399. The summed E-state index contributed by atoms with van der Waals surface area (Å²) in [5, 5.41) is 12.0. The number of nitrogens with one attached hydrogen (secondary N) is 1. The molecule has 0 bridgehead atoms. The van der Waals surface area contributed by atoms with Crippen LogP contribution in [-0.4, -0.2) is 40.1 Å². The third-order valence-corrected chi connectivity index (χ3v) is 5.35. The molecule has 1 unspecified atom stereocenters. The Morgan fingerprint density at radius 2 is 2.32 bits per heavy atom. The van der Waals surface area contributed by atoms with Crippen LogP contribution < -0.4 is 5.32 Å². The maximum Gasteiger partial charge on any atom is 0.230 e. The fourth-order valence-corrected chi connectivity index (χ4v) is 3.91. The highest BCUT2D eigenvalue weighted by atomic mass is 32.2. The minimum Gasteiger partial charge on any atom is -0.385 e. The molecule has 7 heteroatoms. The molecule has 1 amide bonds. The minimum atomic E-state index is 0.0399. The van der Waals surface area contributed by atoms with E-state index in [0.717, 1.165) is 37.4 Å². The summed E-state index contributed by atoms with van der Waals surface area (Å²) in [6.07, 6.45) is 5.81. The Hall–Kier alpha value is -1.86. The molecule has 0 aliphatic heterocycles. The van der Waals surface area contributed by atoms with Gasteiger partial charge in [-0.05, 0) is 36.8 Å². The van der Waals surface area contributed by atoms with Crippen molar-refractivity contribution in [3.63, 3.8) is 0 Å². The van der Waals surface area contributed by atoms with Gasteiger partial charge in [-0.25, -0.2) is 0 Å². The summed E-state index contributed by atoms with van der Waals surface area (Å²) in [7, 11) is 1.69. The number of carbonyl (C=O) groups is 1. The van der Waals surface area contributed by atoms with Gasteiger partial charge in [0.2, 0.25) is 5.91 Å². The Bertz CT molecular complexity index is 704. The first kappa shape index (κ1) is 17.9. The predicted molar refractivity (Wildman–Crippen MR) is 97.5 cm³/mol. The topological polar surface area (TPSA) is 69.0 Å². The fourth-order valence-electron chi connectivity index (χ4n) is 3.16. The van der Waals surface area contributed by atoms with Crippen LogP contribution in [0.25, 0.3) is 0 Å². The summed E-state index contributed by atoms with van der Waals surface area (Å²) >= 11 is 1.43. The third-order valence-electron chi connectivity index (χ3n) is 4.36. The smallest absolute Gasteiger partial charge is 0.230 e. The second-order valence-corrected chi connectivity index (χ2v) is 7.10. The van der Waals surface area contributed by atoms with Crippen LogP contribution in [0, 0.1) is 0 Å². The van der Waals surface area contributed by atoms with E-state index in [2.05, 4.69) is 33.7 Å². The monoisotopic (exact) mass is 360 g/mol. The van der Waals surface area contributed by atoms with Gasteiger partial charge in [0.25, 0.3) is 0 Å². The number of hydrogen-bond acceptors (Lipinski definition) is 5. The largest absolute Gasteiger partial charge is 0.385 e. The maximum atomic E-state index is 12.4. The molecule has 0 spiro atoms. The van der Waals surface area contributed by atoms with E-state index in [9.17, 15) is 4.79 Å². The molecule has 25 heavy (non-hydrogen) atoms. The molecule has 0 radical (unpaired) electrons. The van der Waals surface area contributed by atoms with Crippen molar-refractivity contribution in [3.05, 3.63) is 41.7 Å². The molecule has 1 heterocycles. The molecule has 0 saturated heterocycles. The summed E-state index contributed by atoms with van der Waals surface area (Å²) in [6.45, 7) is 1.49. The van der Waals surface area contributed by atoms with Crippen molar-refractivity contribution in [1.29, 1.82) is 0 Å². The summed E-state index contributed by atoms with van der Waals surface area (Å²) in [4.78, 5) is 12.4. The lowest BCUT2D eigenvalue weighted by atomic mass is 9.88. The summed E-state index contributed by atoms with van der Waals surface area (Å²) < 4.78 is 7.03. The molecule has 1 aliphatic carbocycles. The lowest BCUT2D eigenvalue weighted by molar-refractivity contribution is -0.119. The lowest BCUT2D eigenvalue weighted by Crippen LogP contribution is -2.32. The molecule has 3 rings (SSSR count). The van der Waals surface area contributed by atoms with Crippen molar-refractivity contribution in [2.24, 2.45) is 0 Å². The van der Waals surface area contributed by atoms with Crippen LogP contribution in [0.3, 0.4) is 0 Å². The van der Waals surface area contributed by atoms with Gasteiger partial charge in [0, 0.05) is 20.3 Å². The van der Waals surface area contributed by atoms with Crippen molar-refractivity contribution in [2.45, 2.75) is 43.4 Å². The molecule has 1 aromatic carbocycles. The number of rotatable bonds is 8. The van der Waals surface area contributed by atoms with Crippen LogP contribution in [-0.2, 0) is 22.5 Å². The van der Waals surface area contributed by atoms with Crippen molar-refractivity contribution in [1.82, 2.24) is 20.1 Å². The molecule has 6 nitrogen and oxygen atoms in total. The van der Waals surface area contributed by atoms with E-state index in [1.54, 1.807) is 13.4 Å². The first-order valence-electron chi connectivity index (χ1n) is 8.64. The van der Waals surface area contributed by atoms with Crippen molar-refractivity contribution in [3.8, 4) is 0 Å². The zero-order valence-corrected chi connectivity index (χ0v) is 15.3. The highest BCUT2D eigenvalue weighted by molar-refractivity contribution is 7.99. The first-order chi connectivity index (χ1) is 12.3. The quantitative estimate of drug-likeness (QED) is 0.579. The van der Waals surface area contributed by atoms with Crippen LogP contribution in [0.1, 0.15) is 36.4 Å². The number of thioether (sulfide) groups is 1. The number of ether oxygens (including phenoxy) is 1. The van der Waals surface area contributed by atoms with Gasteiger partial charge in [-0.1, -0.05) is 36.0 Å². The molecule has 134 valence electrons. The van der Waals surface area contributed by atoms with E-state index >= 15 is 0 Å². The molecule has 1 N–H and O–H groups in total. The number of methoxy groups -OCH3 is 1. The van der Waals surface area contributed by atoms with E-state index in [-0.39, 0.29) is 11.9 Å². The average Bonchev–Trinajstić information content (AvgIpc) is 3.08. The van der Waals surface area contributed by atoms with E-state index in [1.165, 1.54) is 22.9 Å². The normalized spacial score (nSPS) is 16.4. The highest BCUT2D eigenvalue weighted by Gasteiger charge is 2.21. The molecule has 0 saturated carbocycles. The third kappa shape index (κ3) is 4.83. The Morgan fingerprint density at radius 1 is 1.44 bits per heavy atom. The number of hydrogen-bond donors (Lipinski definition) is 1. The summed E-state index contributed by atoms with van der Waals surface area (Å²) in [6, 6.07) is 8.51. The molecule has 1 atom stereocenters. The second kappa shape index (κ2) is 9.01. The number of nitrogens with zero attached hydrogens (tertiary/aromatic N) is 3. The fraction of sp³-hybridized carbons (Fsp3) is 0.500. The van der Waals surface area contributed by atoms with Gasteiger partial charge in [0.1, 0.15) is 6.33 Å². The van der Waals surface area contributed by atoms with E-state index in [4.69, 9.17) is 4.74 Å². The van der Waals surface area contributed by atoms with Crippen LogP contribution >= 0.6 is 11.8 Å². The van der Waals surface area contributed by atoms with Gasteiger partial charge < -0.3 is 14.6 Å². The molecular formula is C18H24N4O2S. The van der Waals surface area contributed by atoms with Gasteiger partial charge >= 0.3 is 0 Å². The van der Waals surface area contributed by atoms with Crippen LogP contribution in [0.5, 0.6) is 0 Å². The number of benzene rings is 1. The Morgan fingerprint density at radius 3 is 3.20 bits per heavy atom. The SMILES string of the molecule is COCCCn1cnnc1SCC(=O)NC1CCCc2ccccc21. The van der Waals surface area contributed by atoms with Crippen LogP contribution in [0.15, 0.2) is 35.7 Å². The van der Waals surface area contributed by atoms with Crippen molar-refractivity contribution >= 4 is 17.7 Å². The van der Waals surface area contributed by atoms with Gasteiger partial charge in [0.05, 0.1) is 11.8 Å². The maximum absolute atomic E-state index is 12.4. The Labute approximate surface area is 152 Å². The molecule has 2 aromatic rings. The lowest BCUT2D eigenvalue weighted by Gasteiger charge is -2.26. The molecular weight excluding hydrogens is 336 g/mol. The van der Waals surface area contributed by atoms with Gasteiger partial charge in [-0.3, -0.25) is 4.79 Å². The Kier molecular flexibility index (Phi) is 6.47. The zero-order valence-electron chi connectivity index (χ0n) is 14.5. The summed E-state index contributed by atoms with van der Waals surface area (Å²) in [5.74, 6) is 0.389. The number of fused-ring (bicyclic) bond motifs is 1. The van der Waals surface area contributed by atoms with Crippen molar-refractivity contribution in [2.75, 3.05) is 19.5 Å². The van der Waals surface area contributed by atoms with E-state index in [1.807, 2.05) is 10.6 Å². The second-order valence-electron chi connectivity index (χ2n) is 6.15. The zero-order chi connectivity index (χ0) is 17.5. The summed E-state index contributed by atoms with van der Waals surface area (Å²) in [5.41, 5.74) is 2.61. The molecule has 0 fully saturated rings. The van der Waals surface area contributed by atoms with Crippen molar-refractivity contribution < 1.29 is 9.53 Å². The van der Waals surface area contributed by atoms with E-state index in [0.29, 0.717) is 12.4 Å². The standard InChI is InChI=1S/C18H24N4O2S/c1-24-11-5-10-22-13-19-21-18(22)25-12-17(23)20-16-9-4-7-14-6-2-3-8-15(14)16/h2-3,6,8,13,16H,4-5,7,9-12H2,1H3,(H,20,23). The number of aryl methyl sites for hydroxylation is 2. The van der Waals surface area contributed by atoms with Gasteiger partial charge in [-0.15, -0.1) is 10.2 Å². The number of aromatic nitrogens is 3. The van der Waals surface area contributed by atoms with Gasteiger partial charge in [-0.2, -0.15) is 0 Å². The first-order valence-corrected chi connectivity index (χ1v) is 9.63. The number of carbonyl (C=O) groups excluding carboxylic acids is 1. The average molecular weight is 360 g/mol. The molecule has 1 aromatic heterocycles. The van der Waals surface area contributed by atoms with Crippen LogP contribution in [0.2, 0.25) is 0 Å². The predicted octanol–water partition coefficient (Wildman–Crippen LogP) is 2.60.